The number of nitrogen functional groups attached to an aromatic ring is 1. The smallest absolute Gasteiger partial charge is 0.173 e. The summed E-state index contributed by atoms with van der Waals surface area (Å²) in [5.41, 5.74) is 21.1. The van der Waals surface area contributed by atoms with Gasteiger partial charge in [0.2, 0.25) is 0 Å². The molecule has 1 spiro atoms. The first-order valence-corrected chi connectivity index (χ1v) is 17.3. The van der Waals surface area contributed by atoms with Gasteiger partial charge in [0.1, 0.15) is 22.8 Å². The standard InChI is InChI=1S/C46H30N4O/c47-37-24-13-23-35-39(37)29-18-7-10-21-33(29)46(35)34-22-11-8-19-30(34)40-36(46)26-32(42-41(40)31-20-9-12-25-38(31)51-42)45-49-43(27-14-3-1-4-15-27)48-44(50-45)28-16-5-2-6-17-28/h1-26,45H,47H2,(H,48,49,50). The molecule has 0 fully saturated rings. The number of fused-ring (bicyclic) bond motifs is 14. The summed E-state index contributed by atoms with van der Waals surface area (Å²) in [4.78, 5) is 10.7. The largest absolute Gasteiger partial charge is 0.456 e. The van der Waals surface area contributed by atoms with Gasteiger partial charge in [0, 0.05) is 38.7 Å². The molecular formula is C46H30N4O. The van der Waals surface area contributed by atoms with E-state index in [0.29, 0.717) is 0 Å². The molecule has 1 unspecified atom stereocenters. The first kappa shape index (κ1) is 28.2. The van der Waals surface area contributed by atoms with Crippen LogP contribution >= 0.6 is 0 Å². The fraction of sp³-hybridized carbons (Fsp3) is 0.0435. The number of anilines is 1. The minimum atomic E-state index is -0.598. The molecular weight excluding hydrogens is 625 g/mol. The van der Waals surface area contributed by atoms with Crippen LogP contribution in [0.1, 0.15) is 45.1 Å². The van der Waals surface area contributed by atoms with E-state index in [9.17, 15) is 0 Å². The Morgan fingerprint density at radius 2 is 1.12 bits per heavy atom. The van der Waals surface area contributed by atoms with E-state index in [1.807, 2.05) is 48.5 Å². The first-order valence-electron chi connectivity index (χ1n) is 17.3. The molecule has 240 valence electrons. The van der Waals surface area contributed by atoms with E-state index in [0.717, 1.165) is 61.6 Å². The van der Waals surface area contributed by atoms with Crippen molar-refractivity contribution < 1.29 is 4.42 Å². The van der Waals surface area contributed by atoms with Gasteiger partial charge in [-0.15, -0.1) is 0 Å². The van der Waals surface area contributed by atoms with Crippen molar-refractivity contribution in [3.05, 3.63) is 197 Å². The van der Waals surface area contributed by atoms with Crippen LogP contribution in [-0.2, 0) is 5.41 Å². The van der Waals surface area contributed by atoms with E-state index in [4.69, 9.17) is 20.1 Å². The van der Waals surface area contributed by atoms with Crippen LogP contribution in [-0.4, -0.2) is 11.7 Å². The van der Waals surface area contributed by atoms with Crippen molar-refractivity contribution in [1.29, 1.82) is 0 Å². The Balaban J connectivity index is 1.29. The summed E-state index contributed by atoms with van der Waals surface area (Å²) in [7, 11) is 0. The molecule has 0 amide bonds. The number of amidine groups is 2. The monoisotopic (exact) mass is 654 g/mol. The molecule has 2 aliphatic carbocycles. The number of benzene rings is 7. The highest BCUT2D eigenvalue weighted by atomic mass is 16.3. The summed E-state index contributed by atoms with van der Waals surface area (Å²) in [6, 6.07) is 55.2. The molecule has 2 heterocycles. The maximum atomic E-state index is 6.89. The molecule has 8 aromatic rings. The average molecular weight is 655 g/mol. The summed E-state index contributed by atoms with van der Waals surface area (Å²) in [5.74, 6) is 1.53. The first-order chi connectivity index (χ1) is 25.2. The molecule has 0 bridgehead atoms. The van der Waals surface area contributed by atoms with E-state index < -0.39 is 11.6 Å². The summed E-state index contributed by atoms with van der Waals surface area (Å²) in [6.07, 6.45) is -0.581. The van der Waals surface area contributed by atoms with Gasteiger partial charge in [0.25, 0.3) is 0 Å². The van der Waals surface area contributed by atoms with E-state index in [1.165, 1.54) is 38.9 Å². The molecule has 3 N–H and O–H groups in total. The Labute approximate surface area is 294 Å². The van der Waals surface area contributed by atoms with Crippen molar-refractivity contribution in [2.45, 2.75) is 11.6 Å². The topological polar surface area (TPSA) is 75.9 Å². The zero-order chi connectivity index (χ0) is 33.7. The van der Waals surface area contributed by atoms with Crippen LogP contribution in [0.3, 0.4) is 0 Å². The van der Waals surface area contributed by atoms with Gasteiger partial charge in [0.15, 0.2) is 6.17 Å². The summed E-state index contributed by atoms with van der Waals surface area (Å²) in [6.45, 7) is 0. The van der Waals surface area contributed by atoms with Crippen molar-refractivity contribution in [3.8, 4) is 22.3 Å². The van der Waals surface area contributed by atoms with E-state index in [-0.39, 0.29) is 0 Å². The molecule has 0 saturated heterocycles. The molecule has 0 saturated carbocycles. The van der Waals surface area contributed by atoms with Gasteiger partial charge in [-0.05, 0) is 57.1 Å². The summed E-state index contributed by atoms with van der Waals surface area (Å²) >= 11 is 0. The fourth-order valence-corrected chi connectivity index (χ4v) is 8.88. The van der Waals surface area contributed by atoms with Crippen LogP contribution in [0.15, 0.2) is 172 Å². The molecule has 5 nitrogen and oxygen atoms in total. The number of nitrogens with zero attached hydrogens (tertiary/aromatic N) is 2. The third-order valence-corrected chi connectivity index (χ3v) is 10.9. The summed E-state index contributed by atoms with van der Waals surface area (Å²) in [5, 5.41) is 5.72. The van der Waals surface area contributed by atoms with Gasteiger partial charge in [-0.3, -0.25) is 0 Å². The molecule has 1 aliphatic heterocycles. The highest BCUT2D eigenvalue weighted by Gasteiger charge is 2.53. The lowest BCUT2D eigenvalue weighted by Gasteiger charge is -2.31. The van der Waals surface area contributed by atoms with Gasteiger partial charge >= 0.3 is 0 Å². The number of hydrogen-bond acceptors (Lipinski definition) is 5. The number of nitrogens with two attached hydrogens (primary N) is 1. The van der Waals surface area contributed by atoms with Gasteiger partial charge in [-0.1, -0.05) is 140 Å². The number of hydrogen-bond donors (Lipinski definition) is 2. The minimum absolute atomic E-state index is 0.581. The Bertz CT molecular complexity index is 2740. The number of para-hydroxylation sites is 1. The van der Waals surface area contributed by atoms with Crippen molar-refractivity contribution in [1.82, 2.24) is 5.32 Å². The number of nitrogens with one attached hydrogen (secondary N) is 1. The maximum Gasteiger partial charge on any atom is 0.173 e. The zero-order valence-corrected chi connectivity index (χ0v) is 27.5. The Morgan fingerprint density at radius 3 is 1.80 bits per heavy atom. The third-order valence-electron chi connectivity index (χ3n) is 10.9. The van der Waals surface area contributed by atoms with Crippen LogP contribution in [0.25, 0.3) is 44.2 Å². The third kappa shape index (κ3) is 3.75. The van der Waals surface area contributed by atoms with Crippen LogP contribution in [0.5, 0.6) is 0 Å². The minimum Gasteiger partial charge on any atom is -0.456 e. The molecule has 1 aromatic heterocycles. The van der Waals surface area contributed by atoms with Crippen LogP contribution in [0.2, 0.25) is 0 Å². The second-order valence-corrected chi connectivity index (χ2v) is 13.5. The molecule has 51 heavy (non-hydrogen) atoms. The van der Waals surface area contributed by atoms with Crippen LogP contribution in [0, 0.1) is 0 Å². The van der Waals surface area contributed by atoms with Crippen molar-refractivity contribution in [2.75, 3.05) is 5.73 Å². The molecule has 0 radical (unpaired) electrons. The second kappa shape index (κ2) is 10.4. The molecule has 7 aromatic carbocycles. The highest BCUT2D eigenvalue weighted by Crippen LogP contribution is 2.65. The normalized spacial score (nSPS) is 17.1. The molecule has 5 heteroatoms. The lowest BCUT2D eigenvalue weighted by atomic mass is 9.70. The van der Waals surface area contributed by atoms with E-state index in [1.54, 1.807) is 0 Å². The average Bonchev–Trinajstić information content (AvgIpc) is 3.83. The number of furan rings is 1. The maximum absolute atomic E-state index is 6.89. The second-order valence-electron chi connectivity index (χ2n) is 13.5. The Hall–Kier alpha value is -6.72. The Kier molecular flexibility index (Phi) is 5.74. The Morgan fingerprint density at radius 1 is 0.549 bits per heavy atom. The van der Waals surface area contributed by atoms with E-state index >= 15 is 0 Å². The van der Waals surface area contributed by atoms with Crippen molar-refractivity contribution in [3.63, 3.8) is 0 Å². The van der Waals surface area contributed by atoms with Gasteiger partial charge < -0.3 is 15.5 Å². The lowest BCUT2D eigenvalue weighted by molar-refractivity contribution is 0.647. The molecule has 11 rings (SSSR count). The SMILES string of the molecule is Nc1cccc2c1-c1ccccc1C21c2ccccc2-c2c1cc(C1N=C(c3ccccc3)NC(c3ccccc3)=N1)c1oc3ccccc3c21. The van der Waals surface area contributed by atoms with Gasteiger partial charge in [0.05, 0.1) is 5.41 Å². The van der Waals surface area contributed by atoms with Crippen LogP contribution < -0.4 is 11.1 Å². The van der Waals surface area contributed by atoms with Crippen LogP contribution in [0.4, 0.5) is 5.69 Å². The number of aliphatic imine (C=N–C) groups is 2. The van der Waals surface area contributed by atoms with E-state index in [2.05, 4.69) is 115 Å². The molecule has 1 atom stereocenters. The summed E-state index contributed by atoms with van der Waals surface area (Å²) < 4.78 is 6.89. The van der Waals surface area contributed by atoms with Crippen molar-refractivity contribution >= 4 is 39.3 Å². The van der Waals surface area contributed by atoms with Crippen molar-refractivity contribution in [2.24, 2.45) is 9.98 Å². The quantitative estimate of drug-likeness (QED) is 0.186. The predicted octanol–water partition coefficient (Wildman–Crippen LogP) is 10.0. The zero-order valence-electron chi connectivity index (χ0n) is 27.5. The number of rotatable bonds is 3. The highest BCUT2D eigenvalue weighted by molar-refractivity contribution is 6.19. The molecule has 3 aliphatic rings. The predicted molar refractivity (Wildman–Crippen MR) is 206 cm³/mol. The van der Waals surface area contributed by atoms with Gasteiger partial charge in [-0.2, -0.15) is 0 Å². The van der Waals surface area contributed by atoms with Gasteiger partial charge in [-0.25, -0.2) is 9.98 Å². The lowest BCUT2D eigenvalue weighted by Crippen LogP contribution is -2.36. The fourth-order valence-electron chi connectivity index (χ4n) is 8.88.